The lowest BCUT2D eigenvalue weighted by molar-refractivity contribution is 0.411. The van der Waals surface area contributed by atoms with Crippen LogP contribution in [0.5, 0.6) is 5.75 Å². The van der Waals surface area contributed by atoms with Crippen molar-refractivity contribution in [2.75, 3.05) is 25.3 Å². The largest absolute Gasteiger partial charge is 0.496 e. The van der Waals surface area contributed by atoms with Crippen molar-refractivity contribution < 1.29 is 4.74 Å². The standard InChI is InChI=1S/C14H15N.C12H12.C11H16.C8H10O.C8H10S.C6H10/c1-12-8-6-7-11-14(12)15(2)13-9-4-3-5-10-13;1-9-5-3-7-11-8-4-6-10(2)12(9)11;1-9-7-5-6-8-10(9)11(2,3)4;2*1-7-5-3-4-6-8(7)9-2;1-3-5-6-4-2/h3-11H,1-2H3;3-8H,1-2H3;5-8H,1-4H3;2*3-6H,1-2H3;3-6H,1-2H3/b;;;;;5-3-,6-4-. The van der Waals surface area contributed by atoms with Crippen LogP contribution in [0.1, 0.15) is 73.6 Å². The number of aryl methyl sites for hydroxylation is 6. The summed E-state index contributed by atoms with van der Waals surface area (Å²) in [5, 5.41) is 2.75. The number of benzene rings is 7. The van der Waals surface area contributed by atoms with Gasteiger partial charge in [-0.25, -0.2) is 0 Å². The molecule has 7 aromatic rings. The predicted octanol–water partition coefficient (Wildman–Crippen LogP) is 17.4. The van der Waals surface area contributed by atoms with Gasteiger partial charge in [0.1, 0.15) is 5.75 Å². The molecule has 0 bridgehead atoms. The normalized spacial score (nSPS) is 10.4. The highest BCUT2D eigenvalue weighted by atomic mass is 32.2. The Morgan fingerprint density at radius 1 is 0.484 bits per heavy atom. The van der Waals surface area contributed by atoms with E-state index in [0.29, 0.717) is 0 Å². The number of allylic oxidation sites excluding steroid dienone is 4. The summed E-state index contributed by atoms with van der Waals surface area (Å²) >= 11 is 1.80. The van der Waals surface area contributed by atoms with Crippen molar-refractivity contribution >= 4 is 33.9 Å². The zero-order chi connectivity index (χ0) is 45.9. The zero-order valence-electron chi connectivity index (χ0n) is 40.2. The molecule has 0 atom stereocenters. The smallest absolute Gasteiger partial charge is 0.121 e. The van der Waals surface area contributed by atoms with E-state index >= 15 is 0 Å². The van der Waals surface area contributed by atoms with Gasteiger partial charge in [0.15, 0.2) is 0 Å². The van der Waals surface area contributed by atoms with Crippen LogP contribution in [0.4, 0.5) is 11.4 Å². The maximum absolute atomic E-state index is 5.04. The van der Waals surface area contributed by atoms with Crippen LogP contribution in [0.15, 0.2) is 193 Å². The minimum Gasteiger partial charge on any atom is -0.496 e. The van der Waals surface area contributed by atoms with E-state index in [9.17, 15) is 0 Å². The molecule has 0 N–H and O–H groups in total. The van der Waals surface area contributed by atoms with Crippen molar-refractivity contribution in [3.63, 3.8) is 0 Å². The first-order valence-corrected chi connectivity index (χ1v) is 22.7. The van der Waals surface area contributed by atoms with Crippen LogP contribution in [0.25, 0.3) is 10.8 Å². The fraction of sp³-hybridized carbons (Fsp3) is 0.254. The summed E-state index contributed by atoms with van der Waals surface area (Å²) in [5.41, 5.74) is 12.2. The summed E-state index contributed by atoms with van der Waals surface area (Å²) in [7, 11) is 3.78. The summed E-state index contributed by atoms with van der Waals surface area (Å²) in [6, 6.07) is 56.6. The van der Waals surface area contributed by atoms with Crippen molar-refractivity contribution in [1.29, 1.82) is 0 Å². The molecule has 0 aliphatic rings. The SMILES string of the molecule is C/C=C\C=C/C.COc1ccccc1C.CSc1ccccc1C.Cc1cccc2cccc(C)c12.Cc1ccccc1C(C)(C)C.Cc1ccccc1N(C)c1ccccc1. The van der Waals surface area contributed by atoms with Gasteiger partial charge in [-0.1, -0.05) is 179 Å². The van der Waals surface area contributed by atoms with E-state index in [1.54, 1.807) is 18.9 Å². The number of rotatable bonds is 5. The topological polar surface area (TPSA) is 12.5 Å². The maximum atomic E-state index is 5.04. The highest BCUT2D eigenvalue weighted by Crippen LogP contribution is 2.27. The molecule has 3 heteroatoms. The Morgan fingerprint density at radius 2 is 0.935 bits per heavy atom. The third-order valence-corrected chi connectivity index (χ3v) is 10.9. The van der Waals surface area contributed by atoms with Gasteiger partial charge in [0.05, 0.1) is 7.11 Å². The molecule has 326 valence electrons. The summed E-state index contributed by atoms with van der Waals surface area (Å²) in [6.07, 6.45) is 10.1. The minimum atomic E-state index is 0.283. The van der Waals surface area contributed by atoms with E-state index in [1.165, 1.54) is 66.0 Å². The Bertz CT molecular complexity index is 2280. The van der Waals surface area contributed by atoms with Crippen LogP contribution in [0.3, 0.4) is 0 Å². The van der Waals surface area contributed by atoms with Crippen LogP contribution < -0.4 is 9.64 Å². The fourth-order valence-electron chi connectivity index (χ4n) is 6.69. The van der Waals surface area contributed by atoms with E-state index in [4.69, 9.17) is 4.74 Å². The molecule has 7 rings (SSSR count). The third kappa shape index (κ3) is 18.5. The summed E-state index contributed by atoms with van der Waals surface area (Å²) < 4.78 is 5.04. The van der Waals surface area contributed by atoms with Crippen molar-refractivity contribution in [3.8, 4) is 5.75 Å². The minimum absolute atomic E-state index is 0.283. The number of fused-ring (bicyclic) bond motifs is 1. The summed E-state index contributed by atoms with van der Waals surface area (Å²) in [4.78, 5) is 3.58. The molecule has 62 heavy (non-hydrogen) atoms. The molecule has 0 heterocycles. The van der Waals surface area contributed by atoms with Crippen LogP contribution in [-0.4, -0.2) is 20.4 Å². The number of para-hydroxylation sites is 3. The van der Waals surface area contributed by atoms with Crippen LogP contribution in [0.2, 0.25) is 0 Å². The molecule has 2 nitrogen and oxygen atoms in total. The molecule has 0 saturated heterocycles. The number of ether oxygens (including phenoxy) is 1. The number of methoxy groups -OCH3 is 1. The molecule has 0 saturated carbocycles. The van der Waals surface area contributed by atoms with Crippen molar-refractivity contribution in [3.05, 3.63) is 227 Å². The Balaban J connectivity index is 0.000000261. The third-order valence-electron chi connectivity index (χ3n) is 10.0. The number of thioether (sulfide) groups is 1. The molecule has 0 amide bonds. The molecule has 0 fully saturated rings. The summed E-state index contributed by atoms with van der Waals surface area (Å²) in [6.45, 7) is 23.5. The average Bonchev–Trinajstić information content (AvgIpc) is 3.27. The van der Waals surface area contributed by atoms with E-state index < -0.39 is 0 Å². The number of hydrogen-bond donors (Lipinski definition) is 0. The highest BCUT2D eigenvalue weighted by Gasteiger charge is 2.14. The molecular formula is C59H73NOS. The first-order chi connectivity index (χ1) is 29.7. The van der Waals surface area contributed by atoms with E-state index in [1.807, 2.05) is 75.4 Å². The monoisotopic (exact) mass is 844 g/mol. The lowest BCUT2D eigenvalue weighted by atomic mass is 9.84. The van der Waals surface area contributed by atoms with E-state index in [-0.39, 0.29) is 5.41 Å². The van der Waals surface area contributed by atoms with Gasteiger partial charge in [-0.3, -0.25) is 0 Å². The molecule has 7 aromatic carbocycles. The Labute approximate surface area is 381 Å². The second kappa shape index (κ2) is 28.7. The first-order valence-electron chi connectivity index (χ1n) is 21.5. The molecular weight excluding hydrogens is 771 g/mol. The van der Waals surface area contributed by atoms with Gasteiger partial charge in [-0.15, -0.1) is 11.8 Å². The molecule has 0 radical (unpaired) electrons. The number of anilines is 2. The molecule has 0 spiro atoms. The Kier molecular flexibility index (Phi) is 24.2. The highest BCUT2D eigenvalue weighted by molar-refractivity contribution is 7.98. The van der Waals surface area contributed by atoms with E-state index in [0.717, 1.165) is 5.75 Å². The molecule has 0 aliphatic carbocycles. The van der Waals surface area contributed by atoms with Crippen molar-refractivity contribution in [1.82, 2.24) is 0 Å². The second-order valence-corrected chi connectivity index (χ2v) is 16.8. The zero-order valence-corrected chi connectivity index (χ0v) is 41.0. The first kappa shape index (κ1) is 52.4. The molecule has 0 aliphatic heterocycles. The quantitative estimate of drug-likeness (QED) is 0.127. The Morgan fingerprint density at radius 3 is 1.34 bits per heavy atom. The van der Waals surface area contributed by atoms with E-state index in [2.05, 4.69) is 207 Å². The Hall–Kier alpha value is -5.77. The van der Waals surface area contributed by atoms with Crippen molar-refractivity contribution in [2.45, 2.75) is 86.5 Å². The summed E-state index contributed by atoms with van der Waals surface area (Å²) in [5.74, 6) is 0.956. The van der Waals surface area contributed by atoms with Gasteiger partial charge >= 0.3 is 0 Å². The molecule has 0 aromatic heterocycles. The lowest BCUT2D eigenvalue weighted by Crippen LogP contribution is -2.12. The molecule has 0 unspecified atom stereocenters. The van der Waals surface area contributed by atoms with Crippen molar-refractivity contribution in [2.24, 2.45) is 0 Å². The predicted molar refractivity (Wildman–Crippen MR) is 279 cm³/mol. The van der Waals surface area contributed by atoms with Gasteiger partial charge in [0, 0.05) is 23.3 Å². The van der Waals surface area contributed by atoms with Crippen LogP contribution in [0, 0.1) is 41.5 Å². The average molecular weight is 844 g/mol. The van der Waals surface area contributed by atoms with Crippen LogP contribution in [-0.2, 0) is 5.41 Å². The second-order valence-electron chi connectivity index (χ2n) is 16.0. The van der Waals surface area contributed by atoms with Crippen LogP contribution >= 0.6 is 11.8 Å². The van der Waals surface area contributed by atoms with Gasteiger partial charge in [0.2, 0.25) is 0 Å². The number of nitrogens with zero attached hydrogens (tertiary/aromatic N) is 1. The van der Waals surface area contributed by atoms with Gasteiger partial charge in [0.25, 0.3) is 0 Å². The maximum Gasteiger partial charge on any atom is 0.121 e. The fourth-order valence-corrected chi connectivity index (χ4v) is 7.29. The van der Waals surface area contributed by atoms with Gasteiger partial charge in [-0.05, 0) is 147 Å². The van der Waals surface area contributed by atoms with Gasteiger partial charge in [-0.2, -0.15) is 0 Å². The van der Waals surface area contributed by atoms with Gasteiger partial charge < -0.3 is 9.64 Å². The lowest BCUT2D eigenvalue weighted by Gasteiger charge is -2.21. The number of hydrogen-bond acceptors (Lipinski definition) is 3.